The van der Waals surface area contributed by atoms with Crippen LogP contribution in [0.15, 0.2) is 23.1 Å². The summed E-state index contributed by atoms with van der Waals surface area (Å²) < 4.78 is 32.7. The SMILES string of the molecule is CNc1cc(S(=O)(=O)NC2CCC(C(=O)OC)CC2)ccc1CC#N. The minimum Gasteiger partial charge on any atom is -0.469 e. The van der Waals surface area contributed by atoms with Crippen LogP contribution in [-0.2, 0) is 26.0 Å². The zero-order valence-corrected chi connectivity index (χ0v) is 15.2. The average Bonchev–Trinajstić information content (AvgIpc) is 2.61. The van der Waals surface area contributed by atoms with E-state index in [-0.39, 0.29) is 29.2 Å². The standard InChI is InChI=1S/C17H23N3O4S/c1-19-16-11-15(8-5-12(16)9-10-18)25(22,23)20-14-6-3-13(4-7-14)17(21)24-2/h5,8,11,13-14,19-20H,3-4,6-7,9H2,1-2H3. The number of methoxy groups -OCH3 is 1. The molecule has 0 unspecified atom stereocenters. The number of ether oxygens (including phenoxy) is 1. The summed E-state index contributed by atoms with van der Waals surface area (Å²) in [5.41, 5.74) is 1.38. The Morgan fingerprint density at radius 2 is 2.00 bits per heavy atom. The molecule has 0 aliphatic heterocycles. The maximum atomic E-state index is 12.6. The number of sulfonamides is 1. The van der Waals surface area contributed by atoms with Crippen LogP contribution in [-0.4, -0.2) is 34.6 Å². The van der Waals surface area contributed by atoms with E-state index in [9.17, 15) is 13.2 Å². The van der Waals surface area contributed by atoms with Crippen LogP contribution in [0.3, 0.4) is 0 Å². The number of nitrogens with zero attached hydrogens (tertiary/aromatic N) is 1. The van der Waals surface area contributed by atoms with Gasteiger partial charge in [0.25, 0.3) is 0 Å². The van der Waals surface area contributed by atoms with Crippen molar-refractivity contribution in [3.05, 3.63) is 23.8 Å². The monoisotopic (exact) mass is 365 g/mol. The molecule has 1 aromatic rings. The fraction of sp³-hybridized carbons (Fsp3) is 0.529. The molecule has 0 bridgehead atoms. The summed E-state index contributed by atoms with van der Waals surface area (Å²) >= 11 is 0. The van der Waals surface area contributed by atoms with Gasteiger partial charge in [0.15, 0.2) is 0 Å². The summed E-state index contributed by atoms with van der Waals surface area (Å²) in [6, 6.07) is 6.56. The lowest BCUT2D eigenvalue weighted by Crippen LogP contribution is -2.38. The number of hydrogen-bond donors (Lipinski definition) is 2. The first-order valence-electron chi connectivity index (χ1n) is 8.19. The number of esters is 1. The van der Waals surface area contributed by atoms with Crippen molar-refractivity contribution in [2.24, 2.45) is 5.92 Å². The lowest BCUT2D eigenvalue weighted by atomic mass is 9.86. The summed E-state index contributed by atoms with van der Waals surface area (Å²) in [7, 11) is -0.600. The number of nitriles is 1. The van der Waals surface area contributed by atoms with Crippen molar-refractivity contribution in [1.82, 2.24) is 4.72 Å². The smallest absolute Gasteiger partial charge is 0.308 e. The van der Waals surface area contributed by atoms with Crippen molar-refractivity contribution in [3.8, 4) is 6.07 Å². The first-order valence-corrected chi connectivity index (χ1v) is 9.67. The highest BCUT2D eigenvalue weighted by Crippen LogP contribution is 2.27. The van der Waals surface area contributed by atoms with Gasteiger partial charge in [-0.25, -0.2) is 13.1 Å². The van der Waals surface area contributed by atoms with E-state index in [4.69, 9.17) is 10.00 Å². The highest BCUT2D eigenvalue weighted by Gasteiger charge is 2.29. The third-order valence-corrected chi connectivity index (χ3v) is 6.03. The molecule has 0 atom stereocenters. The lowest BCUT2D eigenvalue weighted by molar-refractivity contribution is -0.146. The maximum absolute atomic E-state index is 12.6. The molecule has 25 heavy (non-hydrogen) atoms. The summed E-state index contributed by atoms with van der Waals surface area (Å²) in [6.07, 6.45) is 2.64. The van der Waals surface area contributed by atoms with Crippen LogP contribution >= 0.6 is 0 Å². The molecular weight excluding hydrogens is 342 g/mol. The summed E-state index contributed by atoms with van der Waals surface area (Å²) in [4.78, 5) is 11.7. The van der Waals surface area contributed by atoms with E-state index in [0.717, 1.165) is 5.56 Å². The number of nitrogens with one attached hydrogen (secondary N) is 2. The molecule has 2 N–H and O–H groups in total. The Hall–Kier alpha value is -2.11. The predicted molar refractivity (Wildman–Crippen MR) is 93.4 cm³/mol. The predicted octanol–water partition coefficient (Wildman–Crippen LogP) is 1.80. The molecule has 1 aliphatic rings. The Labute approximate surface area is 148 Å². The van der Waals surface area contributed by atoms with Gasteiger partial charge in [0.1, 0.15) is 0 Å². The third-order valence-electron chi connectivity index (χ3n) is 4.51. The first-order chi connectivity index (χ1) is 11.9. The molecule has 1 aromatic carbocycles. The van der Waals surface area contributed by atoms with Crippen LogP contribution in [0.25, 0.3) is 0 Å². The van der Waals surface area contributed by atoms with Gasteiger partial charge in [-0.1, -0.05) is 6.07 Å². The van der Waals surface area contributed by atoms with Crippen LogP contribution < -0.4 is 10.0 Å². The number of carbonyl (C=O) groups excluding carboxylic acids is 1. The second-order valence-electron chi connectivity index (χ2n) is 6.10. The number of anilines is 1. The molecule has 1 saturated carbocycles. The molecule has 8 heteroatoms. The van der Waals surface area contributed by atoms with E-state index in [2.05, 4.69) is 16.1 Å². The normalized spacial score (nSPS) is 20.5. The molecule has 0 radical (unpaired) electrons. The minimum atomic E-state index is -3.66. The van der Waals surface area contributed by atoms with Crippen molar-refractivity contribution in [3.63, 3.8) is 0 Å². The van der Waals surface area contributed by atoms with Gasteiger partial charge in [0.2, 0.25) is 10.0 Å². The van der Waals surface area contributed by atoms with Crippen LogP contribution in [0, 0.1) is 17.2 Å². The summed E-state index contributed by atoms with van der Waals surface area (Å²) in [5.74, 6) is -0.375. The Balaban J connectivity index is 2.07. The van der Waals surface area contributed by atoms with Gasteiger partial charge in [-0.05, 0) is 43.4 Å². The molecule has 0 spiro atoms. The fourth-order valence-electron chi connectivity index (χ4n) is 3.10. The number of rotatable bonds is 6. The quantitative estimate of drug-likeness (QED) is 0.744. The van der Waals surface area contributed by atoms with Crippen molar-refractivity contribution in [2.45, 2.75) is 43.0 Å². The molecule has 1 fully saturated rings. The highest BCUT2D eigenvalue weighted by molar-refractivity contribution is 7.89. The molecule has 7 nitrogen and oxygen atoms in total. The van der Waals surface area contributed by atoms with Crippen molar-refractivity contribution in [2.75, 3.05) is 19.5 Å². The number of hydrogen-bond acceptors (Lipinski definition) is 6. The summed E-state index contributed by atoms with van der Waals surface area (Å²) in [6.45, 7) is 0. The van der Waals surface area contributed by atoms with Gasteiger partial charge in [-0.3, -0.25) is 4.79 Å². The second kappa shape index (κ2) is 8.32. The van der Waals surface area contributed by atoms with E-state index in [1.165, 1.54) is 19.2 Å². The fourth-order valence-corrected chi connectivity index (χ4v) is 4.43. The Morgan fingerprint density at radius 1 is 1.32 bits per heavy atom. The van der Waals surface area contributed by atoms with Crippen molar-refractivity contribution < 1.29 is 17.9 Å². The molecule has 0 amide bonds. The summed E-state index contributed by atoms with van der Waals surface area (Å²) in [5, 5.41) is 11.7. The Bertz CT molecular complexity index is 763. The van der Waals surface area contributed by atoms with E-state index < -0.39 is 10.0 Å². The van der Waals surface area contributed by atoms with Gasteiger partial charge >= 0.3 is 5.97 Å². The van der Waals surface area contributed by atoms with Crippen LogP contribution in [0.1, 0.15) is 31.2 Å². The molecule has 0 heterocycles. The molecule has 2 rings (SSSR count). The van der Waals surface area contributed by atoms with Gasteiger partial charge in [-0.2, -0.15) is 5.26 Å². The van der Waals surface area contributed by atoms with Crippen LogP contribution in [0.5, 0.6) is 0 Å². The van der Waals surface area contributed by atoms with E-state index >= 15 is 0 Å². The topological polar surface area (TPSA) is 108 Å². The Morgan fingerprint density at radius 3 is 2.56 bits per heavy atom. The molecule has 0 saturated heterocycles. The third kappa shape index (κ3) is 4.71. The van der Waals surface area contributed by atoms with E-state index in [1.54, 1.807) is 13.1 Å². The van der Waals surface area contributed by atoms with Gasteiger partial charge in [-0.15, -0.1) is 0 Å². The lowest BCUT2D eigenvalue weighted by Gasteiger charge is -2.27. The molecule has 0 aromatic heterocycles. The second-order valence-corrected chi connectivity index (χ2v) is 7.81. The van der Waals surface area contributed by atoms with Crippen LogP contribution in [0.4, 0.5) is 5.69 Å². The maximum Gasteiger partial charge on any atom is 0.308 e. The van der Waals surface area contributed by atoms with Gasteiger partial charge < -0.3 is 10.1 Å². The molecule has 136 valence electrons. The zero-order chi connectivity index (χ0) is 18.4. The van der Waals surface area contributed by atoms with Crippen molar-refractivity contribution >= 4 is 21.7 Å². The average molecular weight is 365 g/mol. The minimum absolute atomic E-state index is 0.146. The molecular formula is C17H23N3O4S. The molecule has 1 aliphatic carbocycles. The first kappa shape index (κ1) is 19.2. The van der Waals surface area contributed by atoms with Gasteiger partial charge in [0, 0.05) is 18.8 Å². The van der Waals surface area contributed by atoms with E-state index in [1.807, 2.05) is 0 Å². The zero-order valence-electron chi connectivity index (χ0n) is 14.4. The Kier molecular flexibility index (Phi) is 6.39. The largest absolute Gasteiger partial charge is 0.469 e. The van der Waals surface area contributed by atoms with E-state index in [0.29, 0.717) is 31.4 Å². The van der Waals surface area contributed by atoms with Gasteiger partial charge in [0.05, 0.1) is 30.4 Å². The highest BCUT2D eigenvalue weighted by atomic mass is 32.2. The number of benzene rings is 1. The van der Waals surface area contributed by atoms with Crippen molar-refractivity contribution in [1.29, 1.82) is 5.26 Å². The van der Waals surface area contributed by atoms with Crippen LogP contribution in [0.2, 0.25) is 0 Å². The number of carbonyl (C=O) groups is 1.